The summed E-state index contributed by atoms with van der Waals surface area (Å²) in [6, 6.07) is 0. The number of hydrogen-bond acceptors (Lipinski definition) is 2. The van der Waals surface area contributed by atoms with Gasteiger partial charge in [0.15, 0.2) is 0 Å². The second-order valence-electron chi connectivity index (χ2n) is 3.62. The summed E-state index contributed by atoms with van der Waals surface area (Å²) in [6.07, 6.45) is 1.80. The highest BCUT2D eigenvalue weighted by Crippen LogP contribution is 1.96. The molecule has 0 aromatic rings. The molecule has 0 heterocycles. The van der Waals surface area contributed by atoms with Gasteiger partial charge >= 0.3 is 0 Å². The molecule has 3 nitrogen and oxygen atoms in total. The van der Waals surface area contributed by atoms with Gasteiger partial charge in [0, 0.05) is 26.1 Å². The van der Waals surface area contributed by atoms with Crippen LogP contribution in [0.15, 0.2) is 0 Å². The van der Waals surface area contributed by atoms with Crippen molar-refractivity contribution in [3.8, 4) is 0 Å². The summed E-state index contributed by atoms with van der Waals surface area (Å²) in [7, 11) is 2.07. The molecule has 14 heavy (non-hydrogen) atoms. The normalized spacial score (nSPS) is 10.6. The molecule has 0 unspecified atom stereocenters. The predicted octanol–water partition coefficient (Wildman–Crippen LogP) is 1.59. The number of rotatable bonds is 7. The quantitative estimate of drug-likeness (QED) is 0.623. The molecule has 0 rings (SSSR count). The van der Waals surface area contributed by atoms with E-state index in [0.29, 0.717) is 6.42 Å². The maximum atomic E-state index is 11.6. The Kier molecular flexibility index (Phi) is 7.48. The van der Waals surface area contributed by atoms with Gasteiger partial charge in [-0.15, -0.1) is 0 Å². The van der Waals surface area contributed by atoms with Crippen molar-refractivity contribution in [1.29, 1.82) is 0 Å². The fraction of sp³-hybridized carbons (Fsp3) is 0.909. The third kappa shape index (κ3) is 5.22. The minimum atomic E-state index is 0.276. The molecular formula is C11H24N2O. The van der Waals surface area contributed by atoms with E-state index in [1.54, 1.807) is 0 Å². The van der Waals surface area contributed by atoms with Crippen LogP contribution in [0.2, 0.25) is 0 Å². The summed E-state index contributed by atoms with van der Waals surface area (Å²) in [5.41, 5.74) is 0. The lowest BCUT2D eigenvalue weighted by Gasteiger charge is -2.21. The van der Waals surface area contributed by atoms with Crippen LogP contribution < -0.4 is 0 Å². The van der Waals surface area contributed by atoms with Crippen molar-refractivity contribution in [2.45, 2.75) is 33.6 Å². The molecule has 0 aliphatic rings. The smallest absolute Gasteiger partial charge is 0.223 e. The van der Waals surface area contributed by atoms with Crippen LogP contribution in [-0.2, 0) is 4.79 Å². The third-order valence-corrected chi connectivity index (χ3v) is 2.43. The van der Waals surface area contributed by atoms with Crippen LogP contribution >= 0.6 is 0 Å². The molecule has 84 valence electrons. The lowest BCUT2D eigenvalue weighted by Crippen LogP contribution is -2.33. The van der Waals surface area contributed by atoms with Gasteiger partial charge in [0.05, 0.1) is 0 Å². The topological polar surface area (TPSA) is 23.6 Å². The zero-order valence-electron chi connectivity index (χ0n) is 10.0. The first-order chi connectivity index (χ1) is 6.65. The molecule has 0 aromatic carbocycles. The van der Waals surface area contributed by atoms with E-state index in [-0.39, 0.29) is 5.91 Å². The predicted molar refractivity (Wildman–Crippen MR) is 60.3 cm³/mol. The number of amides is 1. The molecule has 0 saturated heterocycles. The molecule has 0 aliphatic heterocycles. The van der Waals surface area contributed by atoms with Crippen molar-refractivity contribution in [2.24, 2.45) is 0 Å². The molecule has 3 heteroatoms. The van der Waals surface area contributed by atoms with Gasteiger partial charge in [-0.05, 0) is 33.9 Å². The number of carbonyl (C=O) groups is 1. The Morgan fingerprint density at radius 2 is 1.64 bits per heavy atom. The zero-order chi connectivity index (χ0) is 11.0. The molecule has 0 radical (unpaired) electrons. The largest absolute Gasteiger partial charge is 0.343 e. The van der Waals surface area contributed by atoms with Crippen molar-refractivity contribution < 1.29 is 4.79 Å². The van der Waals surface area contributed by atoms with Crippen LogP contribution in [0.1, 0.15) is 33.6 Å². The van der Waals surface area contributed by atoms with Crippen molar-refractivity contribution in [3.63, 3.8) is 0 Å². The van der Waals surface area contributed by atoms with Gasteiger partial charge in [0.25, 0.3) is 0 Å². The molecule has 1 amide bonds. The van der Waals surface area contributed by atoms with Crippen molar-refractivity contribution >= 4 is 5.91 Å². The van der Waals surface area contributed by atoms with Crippen LogP contribution in [0.3, 0.4) is 0 Å². The molecule has 0 fully saturated rings. The zero-order valence-corrected chi connectivity index (χ0v) is 10.0. The first-order valence-corrected chi connectivity index (χ1v) is 5.61. The van der Waals surface area contributed by atoms with Gasteiger partial charge in [-0.1, -0.05) is 6.92 Å². The van der Waals surface area contributed by atoms with E-state index in [1.165, 1.54) is 0 Å². The van der Waals surface area contributed by atoms with E-state index in [0.717, 1.165) is 32.6 Å². The van der Waals surface area contributed by atoms with Gasteiger partial charge < -0.3 is 9.80 Å². The molecule has 0 aliphatic carbocycles. The Labute approximate surface area is 88.1 Å². The highest BCUT2D eigenvalue weighted by atomic mass is 16.2. The summed E-state index contributed by atoms with van der Waals surface area (Å²) < 4.78 is 0. The minimum Gasteiger partial charge on any atom is -0.343 e. The van der Waals surface area contributed by atoms with Crippen molar-refractivity contribution in [1.82, 2.24) is 9.80 Å². The molecule has 0 saturated carbocycles. The van der Waals surface area contributed by atoms with E-state index in [2.05, 4.69) is 18.9 Å². The fourth-order valence-corrected chi connectivity index (χ4v) is 1.51. The average Bonchev–Trinajstić information content (AvgIpc) is 2.17. The van der Waals surface area contributed by atoms with E-state index in [1.807, 2.05) is 18.7 Å². The van der Waals surface area contributed by atoms with E-state index in [9.17, 15) is 4.79 Å². The Balaban J connectivity index is 3.71. The number of hydrogen-bond donors (Lipinski definition) is 0. The van der Waals surface area contributed by atoms with E-state index in [4.69, 9.17) is 0 Å². The minimum absolute atomic E-state index is 0.276. The SMILES string of the molecule is CCCN(C)CCC(=O)N(CC)CC. The Bertz CT molecular complexity index is 155. The number of carbonyl (C=O) groups excluding carboxylic acids is 1. The summed E-state index contributed by atoms with van der Waals surface area (Å²) in [4.78, 5) is 15.7. The van der Waals surface area contributed by atoms with Gasteiger partial charge in [-0.2, -0.15) is 0 Å². The van der Waals surface area contributed by atoms with Crippen LogP contribution in [-0.4, -0.2) is 48.9 Å². The van der Waals surface area contributed by atoms with Crippen LogP contribution in [0, 0.1) is 0 Å². The maximum absolute atomic E-state index is 11.6. The van der Waals surface area contributed by atoms with E-state index >= 15 is 0 Å². The highest BCUT2D eigenvalue weighted by molar-refractivity contribution is 5.76. The third-order valence-electron chi connectivity index (χ3n) is 2.43. The maximum Gasteiger partial charge on any atom is 0.223 e. The molecule has 0 bridgehead atoms. The first-order valence-electron chi connectivity index (χ1n) is 5.61. The van der Waals surface area contributed by atoms with Crippen LogP contribution in [0.4, 0.5) is 0 Å². The lowest BCUT2D eigenvalue weighted by atomic mass is 10.3. The molecule has 0 atom stereocenters. The van der Waals surface area contributed by atoms with Crippen LogP contribution in [0.5, 0.6) is 0 Å². The second-order valence-corrected chi connectivity index (χ2v) is 3.62. The lowest BCUT2D eigenvalue weighted by molar-refractivity contribution is -0.131. The van der Waals surface area contributed by atoms with Gasteiger partial charge in [0.2, 0.25) is 5.91 Å². The Morgan fingerprint density at radius 1 is 1.07 bits per heavy atom. The first kappa shape index (κ1) is 13.4. The summed E-state index contributed by atoms with van der Waals surface area (Å²) in [5.74, 6) is 0.276. The highest BCUT2D eigenvalue weighted by Gasteiger charge is 2.09. The monoisotopic (exact) mass is 200 g/mol. The summed E-state index contributed by atoms with van der Waals surface area (Å²) in [6.45, 7) is 9.81. The average molecular weight is 200 g/mol. The Morgan fingerprint density at radius 3 is 2.07 bits per heavy atom. The van der Waals surface area contributed by atoms with Crippen LogP contribution in [0.25, 0.3) is 0 Å². The second kappa shape index (κ2) is 7.80. The molecule has 0 aromatic heterocycles. The van der Waals surface area contributed by atoms with E-state index < -0.39 is 0 Å². The van der Waals surface area contributed by atoms with Crippen molar-refractivity contribution in [2.75, 3.05) is 33.2 Å². The van der Waals surface area contributed by atoms with Gasteiger partial charge in [0.1, 0.15) is 0 Å². The Hall–Kier alpha value is -0.570. The molecular weight excluding hydrogens is 176 g/mol. The summed E-state index contributed by atoms with van der Waals surface area (Å²) >= 11 is 0. The standard InChI is InChI=1S/C11H24N2O/c1-5-9-12(4)10-8-11(14)13(6-2)7-3/h5-10H2,1-4H3. The van der Waals surface area contributed by atoms with Gasteiger partial charge in [-0.25, -0.2) is 0 Å². The fourth-order valence-electron chi connectivity index (χ4n) is 1.51. The van der Waals surface area contributed by atoms with Crippen molar-refractivity contribution in [3.05, 3.63) is 0 Å². The number of nitrogens with zero attached hydrogens (tertiary/aromatic N) is 2. The summed E-state index contributed by atoms with van der Waals surface area (Å²) in [5, 5.41) is 0. The molecule has 0 spiro atoms. The molecule has 0 N–H and O–H groups in total. The van der Waals surface area contributed by atoms with Gasteiger partial charge in [-0.3, -0.25) is 4.79 Å².